The number of benzene rings is 2. The lowest BCUT2D eigenvalue weighted by atomic mass is 9.85. The Morgan fingerprint density at radius 1 is 0.905 bits per heavy atom. The lowest BCUT2D eigenvalue weighted by Crippen LogP contribution is -2.10. The molecule has 0 aliphatic carbocycles. The lowest BCUT2D eigenvalue weighted by molar-refractivity contribution is -0.104. The number of hydrogen-bond acceptors (Lipinski definition) is 1. The maximum Gasteiger partial charge on any atom is 0.143 e. The lowest BCUT2D eigenvalue weighted by Gasteiger charge is -2.19. The van der Waals surface area contributed by atoms with Gasteiger partial charge in [0.25, 0.3) is 0 Å². The summed E-state index contributed by atoms with van der Waals surface area (Å²) in [6.45, 7) is 6.58. The fourth-order valence-corrected chi connectivity index (χ4v) is 2.47. The van der Waals surface area contributed by atoms with Crippen molar-refractivity contribution in [3.8, 4) is 0 Å². The first-order chi connectivity index (χ1) is 9.91. The molecule has 2 aromatic rings. The van der Waals surface area contributed by atoms with Crippen LogP contribution in [0.2, 0.25) is 0 Å². The van der Waals surface area contributed by atoms with Crippen LogP contribution >= 0.6 is 15.9 Å². The van der Waals surface area contributed by atoms with Gasteiger partial charge in [-0.05, 0) is 45.9 Å². The Bertz CT molecular complexity index is 643. The van der Waals surface area contributed by atoms with Crippen LogP contribution < -0.4 is 0 Å². The first-order valence-electron chi connectivity index (χ1n) is 6.94. The first kappa shape index (κ1) is 15.7. The van der Waals surface area contributed by atoms with Gasteiger partial charge in [-0.3, -0.25) is 4.79 Å². The van der Waals surface area contributed by atoms with Crippen molar-refractivity contribution in [3.05, 3.63) is 75.8 Å². The first-order valence-corrected chi connectivity index (χ1v) is 7.73. The Balaban J connectivity index is 2.42. The van der Waals surface area contributed by atoms with Crippen LogP contribution in [0.4, 0.5) is 0 Å². The third-order valence-electron chi connectivity index (χ3n) is 3.45. The van der Waals surface area contributed by atoms with E-state index in [1.807, 2.05) is 24.3 Å². The molecule has 2 aromatic carbocycles. The fourth-order valence-electron chi connectivity index (χ4n) is 2.21. The predicted molar refractivity (Wildman–Crippen MR) is 92.4 cm³/mol. The van der Waals surface area contributed by atoms with Gasteiger partial charge in [0.05, 0.1) is 0 Å². The summed E-state index contributed by atoms with van der Waals surface area (Å²) in [5, 5.41) is 0. The Morgan fingerprint density at radius 2 is 1.38 bits per heavy atom. The van der Waals surface area contributed by atoms with Crippen LogP contribution in [0.15, 0.2) is 59.1 Å². The van der Waals surface area contributed by atoms with E-state index in [-0.39, 0.29) is 5.41 Å². The molecule has 0 atom stereocenters. The molecule has 0 saturated carbocycles. The second-order valence-corrected chi connectivity index (χ2v) is 6.97. The highest BCUT2D eigenvalue weighted by Gasteiger charge is 2.13. The third-order valence-corrected chi connectivity index (χ3v) is 3.98. The molecule has 0 aliphatic heterocycles. The maximum absolute atomic E-state index is 11.0. The molecule has 1 nitrogen and oxygen atoms in total. The maximum atomic E-state index is 11.0. The van der Waals surface area contributed by atoms with E-state index >= 15 is 0 Å². The molecule has 0 saturated heterocycles. The number of halogens is 1. The van der Waals surface area contributed by atoms with Crippen LogP contribution in [-0.4, -0.2) is 6.29 Å². The third kappa shape index (κ3) is 3.92. The normalized spacial score (nSPS) is 12.3. The molecule has 2 rings (SSSR count). The molecule has 0 N–H and O–H groups in total. The summed E-state index contributed by atoms with van der Waals surface area (Å²) >= 11 is 3.43. The molecule has 108 valence electrons. The van der Waals surface area contributed by atoms with Crippen molar-refractivity contribution in [2.75, 3.05) is 0 Å². The average Bonchev–Trinajstić information content (AvgIpc) is 2.45. The quantitative estimate of drug-likeness (QED) is 0.540. The highest BCUT2D eigenvalue weighted by Crippen LogP contribution is 2.28. The summed E-state index contributed by atoms with van der Waals surface area (Å²) in [7, 11) is 0. The minimum Gasteiger partial charge on any atom is -0.299 e. The minimum atomic E-state index is 0.130. The number of hydrogen-bond donors (Lipinski definition) is 0. The molecule has 21 heavy (non-hydrogen) atoms. The van der Waals surface area contributed by atoms with Crippen LogP contribution in [0.25, 0.3) is 5.57 Å². The Kier molecular flexibility index (Phi) is 4.79. The van der Waals surface area contributed by atoms with Gasteiger partial charge in [0.1, 0.15) is 6.29 Å². The van der Waals surface area contributed by atoms with E-state index in [9.17, 15) is 4.79 Å². The highest BCUT2D eigenvalue weighted by molar-refractivity contribution is 9.10. The summed E-state index contributed by atoms with van der Waals surface area (Å²) in [6, 6.07) is 16.4. The van der Waals surface area contributed by atoms with Crippen molar-refractivity contribution in [1.82, 2.24) is 0 Å². The van der Waals surface area contributed by atoms with Crippen molar-refractivity contribution in [2.45, 2.75) is 26.2 Å². The van der Waals surface area contributed by atoms with Gasteiger partial charge in [-0.25, -0.2) is 0 Å². The molecule has 0 aromatic heterocycles. The van der Waals surface area contributed by atoms with Gasteiger partial charge in [0, 0.05) is 4.47 Å². The predicted octanol–water partition coefficient (Wildman–Crippen LogP) is 5.38. The Morgan fingerprint density at radius 3 is 1.81 bits per heavy atom. The average molecular weight is 343 g/mol. The zero-order valence-corrected chi connectivity index (χ0v) is 14.1. The van der Waals surface area contributed by atoms with Gasteiger partial charge in [0.2, 0.25) is 0 Å². The van der Waals surface area contributed by atoms with Crippen molar-refractivity contribution >= 4 is 27.8 Å². The summed E-state index contributed by atoms with van der Waals surface area (Å²) in [5.41, 5.74) is 4.45. The van der Waals surface area contributed by atoms with Crippen molar-refractivity contribution < 1.29 is 4.79 Å². The number of allylic oxidation sites excluding steroid dienone is 1. The van der Waals surface area contributed by atoms with E-state index in [0.717, 1.165) is 27.5 Å². The Labute approximate surface area is 134 Å². The zero-order chi connectivity index (χ0) is 15.5. The van der Waals surface area contributed by atoms with Crippen molar-refractivity contribution in [3.63, 3.8) is 0 Å². The van der Waals surface area contributed by atoms with E-state index in [1.54, 1.807) is 6.08 Å². The number of carbonyl (C=O) groups is 1. The standard InChI is InChI=1S/C19H19BrO/c1-19(2,3)16-8-4-14(5-9-16)18(12-13-21)15-6-10-17(20)11-7-15/h4-13H,1-3H3/b18-12+. The number of aldehydes is 1. The van der Waals surface area contributed by atoms with E-state index in [2.05, 4.69) is 61.0 Å². The summed E-state index contributed by atoms with van der Waals surface area (Å²) in [5.74, 6) is 0. The van der Waals surface area contributed by atoms with Crippen molar-refractivity contribution in [2.24, 2.45) is 0 Å². The molecule has 0 aliphatic rings. The summed E-state index contributed by atoms with van der Waals surface area (Å²) in [4.78, 5) is 11.0. The zero-order valence-electron chi connectivity index (χ0n) is 12.6. The molecule has 2 heteroatoms. The molecule has 0 heterocycles. The van der Waals surface area contributed by atoms with Crippen molar-refractivity contribution in [1.29, 1.82) is 0 Å². The molecule has 0 amide bonds. The van der Waals surface area contributed by atoms with Crippen LogP contribution in [0.3, 0.4) is 0 Å². The van der Waals surface area contributed by atoms with Gasteiger partial charge < -0.3 is 0 Å². The molecular formula is C19H19BrO. The largest absolute Gasteiger partial charge is 0.299 e. The monoisotopic (exact) mass is 342 g/mol. The van der Waals surface area contributed by atoms with Crippen LogP contribution in [0.1, 0.15) is 37.5 Å². The second-order valence-electron chi connectivity index (χ2n) is 6.05. The van der Waals surface area contributed by atoms with Gasteiger partial charge in [-0.15, -0.1) is 0 Å². The molecule has 0 spiro atoms. The van der Waals surface area contributed by atoms with Gasteiger partial charge >= 0.3 is 0 Å². The van der Waals surface area contributed by atoms with Crippen LogP contribution in [0.5, 0.6) is 0 Å². The molecule has 0 bridgehead atoms. The SMILES string of the molecule is CC(C)(C)c1ccc(/C(=C\C=O)c2ccc(Br)cc2)cc1. The summed E-state index contributed by atoms with van der Waals surface area (Å²) < 4.78 is 1.03. The van der Waals surface area contributed by atoms with Crippen LogP contribution in [-0.2, 0) is 10.2 Å². The summed E-state index contributed by atoms with van der Waals surface area (Å²) in [6.07, 6.45) is 2.46. The van der Waals surface area contributed by atoms with Gasteiger partial charge in [-0.2, -0.15) is 0 Å². The second kappa shape index (κ2) is 6.40. The van der Waals surface area contributed by atoms with E-state index in [4.69, 9.17) is 0 Å². The molecule has 0 unspecified atom stereocenters. The van der Waals surface area contributed by atoms with E-state index in [0.29, 0.717) is 0 Å². The molecule has 0 radical (unpaired) electrons. The number of carbonyl (C=O) groups excluding carboxylic acids is 1. The van der Waals surface area contributed by atoms with E-state index < -0.39 is 0 Å². The minimum absolute atomic E-state index is 0.130. The molecular weight excluding hydrogens is 324 g/mol. The van der Waals surface area contributed by atoms with Gasteiger partial charge in [-0.1, -0.05) is 73.1 Å². The molecule has 0 fully saturated rings. The van der Waals surface area contributed by atoms with E-state index in [1.165, 1.54) is 5.56 Å². The van der Waals surface area contributed by atoms with Gasteiger partial charge in [0.15, 0.2) is 0 Å². The van der Waals surface area contributed by atoms with Crippen LogP contribution in [0, 0.1) is 0 Å². The fraction of sp³-hybridized carbons (Fsp3) is 0.211. The topological polar surface area (TPSA) is 17.1 Å². The highest BCUT2D eigenvalue weighted by atomic mass is 79.9. The smallest absolute Gasteiger partial charge is 0.143 e. The number of rotatable bonds is 3. The Hall–Kier alpha value is -1.67.